The average Bonchev–Trinajstić information content (AvgIpc) is 2.72. The van der Waals surface area contributed by atoms with E-state index in [1.54, 1.807) is 6.07 Å². The quantitative estimate of drug-likeness (QED) is 0.457. The fraction of sp³-hybridized carbons (Fsp3) is 0.458. The molecule has 0 spiro atoms. The van der Waals surface area contributed by atoms with E-state index >= 15 is 0 Å². The number of unbranched alkanes of at least 4 members (excludes halogenated alkanes) is 2. The molecule has 0 aliphatic heterocycles. The second-order valence-electron chi connectivity index (χ2n) is 6.92. The van der Waals surface area contributed by atoms with E-state index in [9.17, 15) is 4.79 Å². The summed E-state index contributed by atoms with van der Waals surface area (Å²) < 4.78 is 11.4. The Balaban J connectivity index is 2.04. The molecule has 0 bridgehead atoms. The summed E-state index contributed by atoms with van der Waals surface area (Å²) >= 11 is 0. The Morgan fingerprint density at radius 1 is 0.964 bits per heavy atom. The van der Waals surface area contributed by atoms with Crippen molar-refractivity contribution in [2.24, 2.45) is 0 Å². The van der Waals surface area contributed by atoms with E-state index in [1.165, 1.54) is 18.4 Å². The number of amides is 1. The van der Waals surface area contributed by atoms with Gasteiger partial charge < -0.3 is 14.8 Å². The zero-order valence-electron chi connectivity index (χ0n) is 17.4. The van der Waals surface area contributed by atoms with Gasteiger partial charge in [0.25, 0.3) is 5.91 Å². The number of anilines is 1. The molecule has 4 nitrogen and oxygen atoms in total. The minimum atomic E-state index is -0.126. The maximum atomic E-state index is 12.7. The lowest BCUT2D eigenvalue weighted by Gasteiger charge is -2.13. The van der Waals surface area contributed by atoms with Crippen LogP contribution < -0.4 is 10.1 Å². The lowest BCUT2D eigenvalue weighted by Crippen LogP contribution is -2.13. The van der Waals surface area contributed by atoms with Crippen LogP contribution in [-0.4, -0.2) is 19.1 Å². The summed E-state index contributed by atoms with van der Waals surface area (Å²) in [6.45, 7) is 8.01. The van der Waals surface area contributed by atoms with Gasteiger partial charge in [0.05, 0.1) is 13.2 Å². The van der Waals surface area contributed by atoms with Crippen LogP contribution in [0.5, 0.6) is 5.75 Å². The molecule has 1 N–H and O–H groups in total. The van der Waals surface area contributed by atoms with E-state index in [4.69, 9.17) is 9.47 Å². The van der Waals surface area contributed by atoms with Crippen molar-refractivity contribution in [1.82, 2.24) is 0 Å². The van der Waals surface area contributed by atoms with E-state index in [2.05, 4.69) is 31.3 Å². The molecule has 28 heavy (non-hydrogen) atoms. The fourth-order valence-corrected chi connectivity index (χ4v) is 2.90. The van der Waals surface area contributed by atoms with Crippen molar-refractivity contribution >= 4 is 11.6 Å². The molecule has 2 aromatic carbocycles. The lowest BCUT2D eigenvalue weighted by atomic mass is 10.1. The van der Waals surface area contributed by atoms with Gasteiger partial charge in [-0.25, -0.2) is 0 Å². The number of rotatable bonds is 12. The summed E-state index contributed by atoms with van der Waals surface area (Å²) in [4.78, 5) is 12.7. The summed E-state index contributed by atoms with van der Waals surface area (Å²) in [6, 6.07) is 13.6. The van der Waals surface area contributed by atoms with E-state index in [0.29, 0.717) is 25.4 Å². The minimum Gasteiger partial charge on any atom is -0.494 e. The van der Waals surface area contributed by atoms with Crippen molar-refractivity contribution in [3.8, 4) is 5.75 Å². The van der Waals surface area contributed by atoms with Gasteiger partial charge in [0.15, 0.2) is 0 Å². The third kappa shape index (κ3) is 7.01. The van der Waals surface area contributed by atoms with E-state index in [-0.39, 0.29) is 5.91 Å². The monoisotopic (exact) mass is 383 g/mol. The third-order valence-corrected chi connectivity index (χ3v) is 4.55. The molecule has 0 atom stereocenters. The van der Waals surface area contributed by atoms with E-state index < -0.39 is 0 Å². The standard InChI is InChI=1S/C24H33NO3/c1-4-7-9-19-10-13-22(14-11-19)25-24(26)20-12-15-23(28-6-3)21(17-20)18-27-16-8-5-2/h10-15,17H,4-9,16,18H2,1-3H3,(H,25,26). The number of hydrogen-bond donors (Lipinski definition) is 1. The van der Waals surface area contributed by atoms with Crippen molar-refractivity contribution in [2.45, 2.75) is 59.5 Å². The summed E-state index contributed by atoms with van der Waals surface area (Å²) in [5.41, 5.74) is 3.61. The number of benzene rings is 2. The van der Waals surface area contributed by atoms with Gasteiger partial charge in [-0.1, -0.05) is 38.8 Å². The number of nitrogens with one attached hydrogen (secondary N) is 1. The summed E-state index contributed by atoms with van der Waals surface area (Å²) in [5, 5.41) is 2.98. The molecule has 0 saturated heterocycles. The first kappa shape index (κ1) is 22.0. The molecule has 0 fully saturated rings. The van der Waals surface area contributed by atoms with Crippen LogP contribution in [0.25, 0.3) is 0 Å². The number of carbonyl (C=O) groups excluding carboxylic acids is 1. The highest BCUT2D eigenvalue weighted by molar-refractivity contribution is 6.04. The molecule has 0 radical (unpaired) electrons. The molecule has 4 heteroatoms. The van der Waals surface area contributed by atoms with Crippen LogP contribution in [0.1, 0.15) is 67.9 Å². The van der Waals surface area contributed by atoms with Gasteiger partial charge in [-0.2, -0.15) is 0 Å². The lowest BCUT2D eigenvalue weighted by molar-refractivity contribution is 0.102. The smallest absolute Gasteiger partial charge is 0.255 e. The molecule has 0 unspecified atom stereocenters. The Hall–Kier alpha value is -2.33. The van der Waals surface area contributed by atoms with Crippen molar-refractivity contribution < 1.29 is 14.3 Å². The van der Waals surface area contributed by atoms with E-state index in [1.807, 2.05) is 31.2 Å². The first-order chi connectivity index (χ1) is 13.7. The second kappa shape index (κ2) is 12.2. The molecule has 152 valence electrons. The molecule has 0 aromatic heterocycles. The largest absolute Gasteiger partial charge is 0.494 e. The molecular weight excluding hydrogens is 350 g/mol. The minimum absolute atomic E-state index is 0.126. The molecule has 2 aromatic rings. The van der Waals surface area contributed by atoms with Crippen LogP contribution >= 0.6 is 0 Å². The van der Waals surface area contributed by atoms with Crippen molar-refractivity contribution in [3.63, 3.8) is 0 Å². The first-order valence-corrected chi connectivity index (χ1v) is 10.4. The Kier molecular flexibility index (Phi) is 9.56. The Bertz CT molecular complexity index is 725. The predicted octanol–water partition coefficient (Wildman–Crippen LogP) is 6.00. The zero-order valence-corrected chi connectivity index (χ0v) is 17.4. The van der Waals surface area contributed by atoms with Crippen LogP contribution in [0.15, 0.2) is 42.5 Å². The molecule has 0 aliphatic rings. The van der Waals surface area contributed by atoms with Crippen LogP contribution in [-0.2, 0) is 17.8 Å². The molecule has 1 amide bonds. The average molecular weight is 384 g/mol. The topological polar surface area (TPSA) is 47.6 Å². The molecule has 0 aliphatic carbocycles. The normalized spacial score (nSPS) is 10.7. The van der Waals surface area contributed by atoms with Crippen LogP contribution in [0.3, 0.4) is 0 Å². The number of aryl methyl sites for hydroxylation is 1. The van der Waals surface area contributed by atoms with Gasteiger partial charge >= 0.3 is 0 Å². The van der Waals surface area contributed by atoms with Gasteiger partial charge in [0, 0.05) is 23.4 Å². The van der Waals surface area contributed by atoms with Crippen LogP contribution in [0, 0.1) is 0 Å². The first-order valence-electron chi connectivity index (χ1n) is 10.4. The highest BCUT2D eigenvalue weighted by atomic mass is 16.5. The maximum Gasteiger partial charge on any atom is 0.255 e. The van der Waals surface area contributed by atoms with Crippen molar-refractivity contribution in [1.29, 1.82) is 0 Å². The molecule has 2 rings (SSSR count). The Morgan fingerprint density at radius 3 is 2.39 bits per heavy atom. The summed E-state index contributed by atoms with van der Waals surface area (Å²) in [7, 11) is 0. The molecular formula is C24H33NO3. The third-order valence-electron chi connectivity index (χ3n) is 4.55. The summed E-state index contributed by atoms with van der Waals surface area (Å²) in [6.07, 6.45) is 5.56. The van der Waals surface area contributed by atoms with Crippen molar-refractivity contribution in [3.05, 3.63) is 59.2 Å². The van der Waals surface area contributed by atoms with E-state index in [0.717, 1.165) is 36.3 Å². The van der Waals surface area contributed by atoms with Crippen LogP contribution in [0.4, 0.5) is 5.69 Å². The number of carbonyl (C=O) groups is 1. The summed E-state index contributed by atoms with van der Waals surface area (Å²) in [5.74, 6) is 0.648. The number of ether oxygens (including phenoxy) is 2. The van der Waals surface area contributed by atoms with Crippen molar-refractivity contribution in [2.75, 3.05) is 18.5 Å². The van der Waals surface area contributed by atoms with Gasteiger partial charge in [-0.3, -0.25) is 4.79 Å². The highest BCUT2D eigenvalue weighted by Crippen LogP contribution is 2.22. The van der Waals surface area contributed by atoms with Gasteiger partial charge in [0.1, 0.15) is 5.75 Å². The van der Waals surface area contributed by atoms with Crippen LogP contribution in [0.2, 0.25) is 0 Å². The Labute approximate surface area is 169 Å². The molecule has 0 saturated carbocycles. The second-order valence-corrected chi connectivity index (χ2v) is 6.92. The Morgan fingerprint density at radius 2 is 1.71 bits per heavy atom. The zero-order chi connectivity index (χ0) is 20.2. The fourth-order valence-electron chi connectivity index (χ4n) is 2.90. The SMILES string of the molecule is CCCCOCc1cc(C(=O)Nc2ccc(CCCC)cc2)ccc1OCC. The number of hydrogen-bond acceptors (Lipinski definition) is 3. The molecule has 0 heterocycles. The highest BCUT2D eigenvalue weighted by Gasteiger charge is 2.11. The van der Waals surface area contributed by atoms with Gasteiger partial charge in [-0.05, 0) is 62.1 Å². The van der Waals surface area contributed by atoms with Gasteiger partial charge in [0.2, 0.25) is 0 Å². The maximum absolute atomic E-state index is 12.7. The predicted molar refractivity (Wildman–Crippen MR) is 115 cm³/mol. The van der Waals surface area contributed by atoms with Gasteiger partial charge in [-0.15, -0.1) is 0 Å².